The van der Waals surface area contributed by atoms with E-state index in [1.807, 2.05) is 6.08 Å². The molecule has 0 aromatic carbocycles. The van der Waals surface area contributed by atoms with E-state index in [0.29, 0.717) is 6.42 Å². The molecule has 0 radical (unpaired) electrons. The number of nitrogens with one attached hydrogen (secondary N) is 1. The maximum atomic E-state index is 12.4. The van der Waals surface area contributed by atoms with Crippen molar-refractivity contribution >= 4 is 5.91 Å². The Morgan fingerprint density at radius 3 is 1.27 bits per heavy atom. The van der Waals surface area contributed by atoms with E-state index in [-0.39, 0.29) is 18.9 Å². The average molecular weight is 732 g/mol. The molecule has 0 aliphatic heterocycles. The van der Waals surface area contributed by atoms with Gasteiger partial charge in [-0.05, 0) is 51.4 Å². The molecule has 3 unspecified atom stereocenters. The van der Waals surface area contributed by atoms with Gasteiger partial charge in [-0.2, -0.15) is 0 Å². The highest BCUT2D eigenvalue weighted by Gasteiger charge is 2.20. The van der Waals surface area contributed by atoms with Gasteiger partial charge in [-0.25, -0.2) is 0 Å². The molecule has 0 aromatic heterocycles. The summed E-state index contributed by atoms with van der Waals surface area (Å²) < 4.78 is 0. The Balaban J connectivity index is 3.58. The molecule has 5 heteroatoms. The molecule has 3 atom stereocenters. The van der Waals surface area contributed by atoms with E-state index >= 15 is 0 Å². The van der Waals surface area contributed by atoms with Crippen molar-refractivity contribution in [2.45, 2.75) is 250 Å². The van der Waals surface area contributed by atoms with Crippen LogP contribution in [0.2, 0.25) is 0 Å². The van der Waals surface area contributed by atoms with Crippen LogP contribution in [0.4, 0.5) is 0 Å². The Morgan fingerprint density at radius 1 is 0.500 bits per heavy atom. The number of amides is 1. The molecule has 0 rings (SSSR count). The monoisotopic (exact) mass is 732 g/mol. The number of aliphatic hydroxyl groups excluding tert-OH is 3. The Hall–Kier alpha value is -1.43. The van der Waals surface area contributed by atoms with Gasteiger partial charge in [-0.3, -0.25) is 4.79 Å². The molecule has 306 valence electrons. The van der Waals surface area contributed by atoms with Crippen LogP contribution in [0.25, 0.3) is 0 Å². The first kappa shape index (κ1) is 50.6. The zero-order chi connectivity index (χ0) is 38.0. The van der Waals surface area contributed by atoms with Gasteiger partial charge in [0, 0.05) is 0 Å². The molecule has 0 bridgehead atoms. The number of rotatable bonds is 41. The molecule has 0 aliphatic rings. The highest BCUT2D eigenvalue weighted by molar-refractivity contribution is 5.76. The largest absolute Gasteiger partial charge is 0.394 e. The topological polar surface area (TPSA) is 89.8 Å². The van der Waals surface area contributed by atoms with Crippen molar-refractivity contribution in [3.8, 4) is 0 Å². The van der Waals surface area contributed by atoms with Gasteiger partial charge >= 0.3 is 0 Å². The summed E-state index contributed by atoms with van der Waals surface area (Å²) >= 11 is 0. The Labute approximate surface area is 324 Å². The Bertz CT molecular complexity index is 809. The minimum atomic E-state index is -0.927. The summed E-state index contributed by atoms with van der Waals surface area (Å²) in [6.45, 7) is 4.19. The number of hydrogen-bond acceptors (Lipinski definition) is 4. The molecule has 0 saturated carbocycles. The van der Waals surface area contributed by atoms with E-state index < -0.39 is 18.2 Å². The predicted molar refractivity (Wildman–Crippen MR) is 227 cm³/mol. The van der Waals surface area contributed by atoms with Gasteiger partial charge in [-0.15, -0.1) is 0 Å². The Kier molecular flexibility index (Phi) is 41.1. The summed E-state index contributed by atoms with van der Waals surface area (Å²) in [6.07, 6.45) is 53.0. The molecule has 0 fully saturated rings. The zero-order valence-corrected chi connectivity index (χ0v) is 34.7. The summed E-state index contributed by atoms with van der Waals surface area (Å²) in [5.41, 5.74) is 0. The number of carbonyl (C=O) groups excluding carboxylic acids is 1. The van der Waals surface area contributed by atoms with Crippen LogP contribution in [-0.2, 0) is 4.79 Å². The first-order valence-corrected chi connectivity index (χ1v) is 22.8. The molecular formula is C47H89NO4. The molecule has 52 heavy (non-hydrogen) atoms. The highest BCUT2D eigenvalue weighted by Crippen LogP contribution is 2.15. The van der Waals surface area contributed by atoms with Gasteiger partial charge in [0.25, 0.3) is 0 Å². The van der Waals surface area contributed by atoms with E-state index in [1.54, 1.807) is 6.08 Å². The van der Waals surface area contributed by atoms with Gasteiger partial charge in [0.05, 0.1) is 31.3 Å². The first-order valence-electron chi connectivity index (χ1n) is 22.8. The van der Waals surface area contributed by atoms with E-state index in [4.69, 9.17) is 0 Å². The van der Waals surface area contributed by atoms with E-state index in [9.17, 15) is 20.1 Å². The second-order valence-electron chi connectivity index (χ2n) is 15.7. The van der Waals surface area contributed by atoms with Crippen molar-refractivity contribution < 1.29 is 20.1 Å². The summed E-state index contributed by atoms with van der Waals surface area (Å²) in [7, 11) is 0. The summed E-state index contributed by atoms with van der Waals surface area (Å²) in [6, 6.07) is -0.742. The van der Waals surface area contributed by atoms with Crippen molar-refractivity contribution in [3.63, 3.8) is 0 Å². The molecule has 0 aliphatic carbocycles. The third kappa shape index (κ3) is 38.3. The van der Waals surface area contributed by atoms with Crippen molar-refractivity contribution in [1.82, 2.24) is 5.32 Å². The third-order valence-corrected chi connectivity index (χ3v) is 10.4. The standard InChI is InChI=1S/C47H89NO4/c1-3-5-7-9-11-13-15-16-17-18-19-20-21-22-23-24-25-26-27-28-29-30-31-32-34-36-38-40-44(50)42-47(52)48-45(43-49)46(51)41-39-37-35-33-14-12-10-8-6-4-2/h19-20,22-23,39,41,44-46,49-51H,3-18,21,24-38,40,42-43H2,1-2H3,(H,48,52)/b20-19-,23-22-,41-39+. The lowest BCUT2D eigenvalue weighted by atomic mass is 10.0. The molecule has 4 N–H and O–H groups in total. The normalized spacial score (nSPS) is 13.9. The fraction of sp³-hybridized carbons (Fsp3) is 0.851. The number of hydrogen-bond donors (Lipinski definition) is 4. The second kappa shape index (κ2) is 42.3. The van der Waals surface area contributed by atoms with Crippen LogP contribution in [0.3, 0.4) is 0 Å². The SMILES string of the molecule is CCCCCCCCCC/C=C/C(O)C(CO)NC(=O)CC(O)CCCCCCCCCCCCC/C=C\C/C=C\CCCCCCCCCCC. The molecule has 5 nitrogen and oxygen atoms in total. The third-order valence-electron chi connectivity index (χ3n) is 10.4. The van der Waals surface area contributed by atoms with Crippen molar-refractivity contribution in [2.75, 3.05) is 6.61 Å². The van der Waals surface area contributed by atoms with E-state index in [2.05, 4.69) is 43.5 Å². The smallest absolute Gasteiger partial charge is 0.222 e. The molecule has 0 saturated heterocycles. The van der Waals surface area contributed by atoms with Crippen molar-refractivity contribution in [2.24, 2.45) is 0 Å². The summed E-state index contributed by atoms with van der Waals surface area (Å²) in [5.74, 6) is -0.319. The summed E-state index contributed by atoms with van der Waals surface area (Å²) in [5, 5.41) is 33.1. The van der Waals surface area contributed by atoms with E-state index in [1.165, 1.54) is 173 Å². The first-order chi connectivity index (χ1) is 25.5. The lowest BCUT2D eigenvalue weighted by Gasteiger charge is -2.21. The molecule has 0 aromatic rings. The molecular weight excluding hydrogens is 643 g/mol. The minimum absolute atomic E-state index is 0.0122. The van der Waals surface area contributed by atoms with E-state index in [0.717, 1.165) is 32.1 Å². The molecule has 0 spiro atoms. The van der Waals surface area contributed by atoms with Crippen LogP contribution in [0.15, 0.2) is 36.5 Å². The average Bonchev–Trinajstić information content (AvgIpc) is 3.14. The van der Waals surface area contributed by atoms with Gasteiger partial charge in [0.15, 0.2) is 0 Å². The van der Waals surface area contributed by atoms with Gasteiger partial charge in [0.1, 0.15) is 0 Å². The van der Waals surface area contributed by atoms with Gasteiger partial charge in [-0.1, -0.05) is 211 Å². The van der Waals surface area contributed by atoms with Crippen LogP contribution in [0, 0.1) is 0 Å². The number of aliphatic hydroxyl groups is 3. The fourth-order valence-corrected chi connectivity index (χ4v) is 6.90. The van der Waals surface area contributed by atoms with Gasteiger partial charge < -0.3 is 20.6 Å². The zero-order valence-electron chi connectivity index (χ0n) is 34.7. The van der Waals surface area contributed by atoms with Crippen LogP contribution in [0.5, 0.6) is 0 Å². The molecule has 0 heterocycles. The highest BCUT2D eigenvalue weighted by atomic mass is 16.3. The Morgan fingerprint density at radius 2 is 0.865 bits per heavy atom. The predicted octanol–water partition coefficient (Wildman–Crippen LogP) is 13.2. The second-order valence-corrected chi connectivity index (χ2v) is 15.7. The van der Waals surface area contributed by atoms with Crippen LogP contribution in [-0.4, -0.2) is 46.1 Å². The summed E-state index contributed by atoms with van der Waals surface area (Å²) in [4.78, 5) is 12.4. The fourth-order valence-electron chi connectivity index (χ4n) is 6.90. The number of unbranched alkanes of at least 4 members (excludes halogenated alkanes) is 28. The minimum Gasteiger partial charge on any atom is -0.394 e. The van der Waals surface area contributed by atoms with Crippen molar-refractivity contribution in [3.05, 3.63) is 36.5 Å². The van der Waals surface area contributed by atoms with Crippen LogP contribution >= 0.6 is 0 Å². The maximum Gasteiger partial charge on any atom is 0.222 e. The van der Waals surface area contributed by atoms with Crippen molar-refractivity contribution in [1.29, 1.82) is 0 Å². The van der Waals surface area contributed by atoms with Gasteiger partial charge in [0.2, 0.25) is 5.91 Å². The molecule has 1 amide bonds. The number of allylic oxidation sites excluding steroid dienone is 5. The number of carbonyl (C=O) groups is 1. The lowest BCUT2D eigenvalue weighted by molar-refractivity contribution is -0.124. The lowest BCUT2D eigenvalue weighted by Crippen LogP contribution is -2.45. The quantitative estimate of drug-likeness (QED) is 0.0372. The van der Waals surface area contributed by atoms with Crippen LogP contribution in [0.1, 0.15) is 232 Å². The van der Waals surface area contributed by atoms with Crippen LogP contribution < -0.4 is 5.32 Å². The maximum absolute atomic E-state index is 12.4.